The fourth-order valence-corrected chi connectivity index (χ4v) is 3.03. The van der Waals surface area contributed by atoms with E-state index in [2.05, 4.69) is 10.3 Å². The van der Waals surface area contributed by atoms with Gasteiger partial charge in [0.1, 0.15) is 11.3 Å². The highest BCUT2D eigenvalue weighted by Crippen LogP contribution is 2.30. The first-order chi connectivity index (χ1) is 13.6. The smallest absolute Gasteiger partial charge is 0.262 e. The number of hydrogen-bond donors (Lipinski definition) is 1. The van der Waals surface area contributed by atoms with Crippen LogP contribution >= 0.6 is 11.6 Å². The predicted molar refractivity (Wildman–Crippen MR) is 110 cm³/mol. The van der Waals surface area contributed by atoms with Gasteiger partial charge in [-0.2, -0.15) is 0 Å². The second-order valence-electron chi connectivity index (χ2n) is 6.28. The van der Waals surface area contributed by atoms with Gasteiger partial charge in [0.05, 0.1) is 10.6 Å². The molecule has 3 aromatic carbocycles. The Labute approximate surface area is 166 Å². The zero-order chi connectivity index (χ0) is 19.5. The van der Waals surface area contributed by atoms with Gasteiger partial charge in [-0.25, -0.2) is 4.98 Å². The summed E-state index contributed by atoms with van der Waals surface area (Å²) in [5.74, 6) is 0.873. The minimum atomic E-state index is -0.252. The molecule has 0 aliphatic rings. The van der Waals surface area contributed by atoms with Crippen molar-refractivity contribution in [3.05, 3.63) is 77.3 Å². The van der Waals surface area contributed by atoms with Crippen LogP contribution in [0.3, 0.4) is 0 Å². The van der Waals surface area contributed by atoms with E-state index in [0.717, 1.165) is 11.1 Å². The third kappa shape index (κ3) is 3.85. The summed E-state index contributed by atoms with van der Waals surface area (Å²) in [6.45, 7) is 1.86. The van der Waals surface area contributed by atoms with E-state index in [1.54, 1.807) is 24.3 Å². The summed E-state index contributed by atoms with van der Waals surface area (Å²) >= 11 is 6.21. The molecule has 6 heteroatoms. The Balaban J connectivity index is 1.48. The van der Waals surface area contributed by atoms with Crippen LogP contribution in [0.1, 0.15) is 5.56 Å². The maximum Gasteiger partial charge on any atom is 0.262 e. The van der Waals surface area contributed by atoms with Crippen LogP contribution in [0.5, 0.6) is 5.75 Å². The lowest BCUT2D eigenvalue weighted by Gasteiger charge is -2.09. The number of nitrogens with zero attached hydrogens (tertiary/aromatic N) is 1. The minimum absolute atomic E-state index is 0.0768. The van der Waals surface area contributed by atoms with Gasteiger partial charge in [0, 0.05) is 5.69 Å². The summed E-state index contributed by atoms with van der Waals surface area (Å²) in [4.78, 5) is 16.7. The van der Waals surface area contributed by atoms with Crippen LogP contribution in [0.2, 0.25) is 5.02 Å². The van der Waals surface area contributed by atoms with Gasteiger partial charge in [-0.05, 0) is 48.9 Å². The molecule has 0 radical (unpaired) electrons. The van der Waals surface area contributed by atoms with E-state index in [-0.39, 0.29) is 12.5 Å². The van der Waals surface area contributed by atoms with Gasteiger partial charge in [0.25, 0.3) is 5.91 Å². The summed E-state index contributed by atoms with van der Waals surface area (Å²) in [5.41, 5.74) is 3.56. The van der Waals surface area contributed by atoms with Crippen molar-refractivity contribution in [2.75, 3.05) is 11.9 Å². The van der Waals surface area contributed by atoms with E-state index in [4.69, 9.17) is 20.8 Å². The number of rotatable bonds is 5. The molecule has 0 atom stereocenters. The molecule has 0 saturated carbocycles. The average Bonchev–Trinajstić information content (AvgIpc) is 3.11. The second kappa shape index (κ2) is 7.74. The van der Waals surface area contributed by atoms with Gasteiger partial charge >= 0.3 is 0 Å². The first kappa shape index (κ1) is 18.1. The Hall–Kier alpha value is -3.31. The molecule has 0 aliphatic heterocycles. The summed E-state index contributed by atoms with van der Waals surface area (Å²) in [7, 11) is 0. The number of benzene rings is 3. The summed E-state index contributed by atoms with van der Waals surface area (Å²) < 4.78 is 11.4. The minimum Gasteiger partial charge on any atom is -0.483 e. The molecule has 1 amide bonds. The van der Waals surface area contributed by atoms with Crippen molar-refractivity contribution in [1.29, 1.82) is 0 Å². The number of amides is 1. The molecule has 1 heterocycles. The number of anilines is 1. The first-order valence-electron chi connectivity index (χ1n) is 8.74. The summed E-state index contributed by atoms with van der Waals surface area (Å²) in [5, 5.41) is 3.38. The standard InChI is InChI=1S/C22H17ClN2O3/c1-14-6-2-5-9-19(14)27-13-21(26)24-15-10-11-20-18(12-15)25-22(28-20)16-7-3-4-8-17(16)23/h2-12H,13H2,1H3,(H,24,26). The molecule has 4 aromatic rings. The highest BCUT2D eigenvalue weighted by Gasteiger charge is 2.12. The van der Waals surface area contributed by atoms with Crippen LogP contribution in [0, 0.1) is 6.92 Å². The van der Waals surface area contributed by atoms with Crippen LogP contribution in [-0.4, -0.2) is 17.5 Å². The maximum absolute atomic E-state index is 12.2. The largest absolute Gasteiger partial charge is 0.483 e. The van der Waals surface area contributed by atoms with E-state index in [0.29, 0.717) is 33.4 Å². The molecule has 0 aliphatic carbocycles. The molecule has 0 spiro atoms. The van der Waals surface area contributed by atoms with Crippen molar-refractivity contribution in [3.63, 3.8) is 0 Å². The Morgan fingerprint density at radius 2 is 1.89 bits per heavy atom. The molecule has 140 valence electrons. The lowest BCUT2D eigenvalue weighted by atomic mass is 10.2. The van der Waals surface area contributed by atoms with Crippen LogP contribution in [0.25, 0.3) is 22.6 Å². The fraction of sp³-hybridized carbons (Fsp3) is 0.0909. The number of nitrogens with one attached hydrogen (secondary N) is 1. The lowest BCUT2D eigenvalue weighted by Crippen LogP contribution is -2.20. The zero-order valence-corrected chi connectivity index (χ0v) is 15.9. The van der Waals surface area contributed by atoms with Crippen LogP contribution in [0.4, 0.5) is 5.69 Å². The van der Waals surface area contributed by atoms with Crippen molar-refractivity contribution < 1.29 is 13.9 Å². The number of halogens is 1. The number of hydrogen-bond acceptors (Lipinski definition) is 4. The quantitative estimate of drug-likeness (QED) is 0.488. The number of fused-ring (bicyclic) bond motifs is 1. The van der Waals surface area contributed by atoms with Gasteiger partial charge < -0.3 is 14.5 Å². The SMILES string of the molecule is Cc1ccccc1OCC(=O)Nc1ccc2oc(-c3ccccc3Cl)nc2c1. The van der Waals surface area contributed by atoms with Crippen molar-refractivity contribution in [1.82, 2.24) is 4.98 Å². The van der Waals surface area contributed by atoms with Crippen molar-refractivity contribution in [3.8, 4) is 17.2 Å². The zero-order valence-electron chi connectivity index (χ0n) is 15.1. The number of carbonyl (C=O) groups excluding carboxylic acids is 1. The van der Waals surface area contributed by atoms with Gasteiger partial charge in [0.2, 0.25) is 5.89 Å². The second-order valence-corrected chi connectivity index (χ2v) is 6.69. The molecular formula is C22H17ClN2O3. The number of aryl methyl sites for hydroxylation is 1. The molecule has 0 unspecified atom stereocenters. The third-order valence-corrected chi connectivity index (χ3v) is 4.56. The van der Waals surface area contributed by atoms with E-state index < -0.39 is 0 Å². The van der Waals surface area contributed by atoms with Crippen molar-refractivity contribution in [2.45, 2.75) is 6.92 Å². The molecule has 0 saturated heterocycles. The van der Waals surface area contributed by atoms with Gasteiger partial charge in [-0.3, -0.25) is 4.79 Å². The topological polar surface area (TPSA) is 64.4 Å². The average molecular weight is 393 g/mol. The Morgan fingerprint density at radius 1 is 1.11 bits per heavy atom. The monoisotopic (exact) mass is 392 g/mol. The summed E-state index contributed by atoms with van der Waals surface area (Å²) in [6.07, 6.45) is 0. The number of aromatic nitrogens is 1. The molecule has 1 N–H and O–H groups in total. The molecule has 0 bridgehead atoms. The molecule has 5 nitrogen and oxygen atoms in total. The van der Waals surface area contributed by atoms with E-state index >= 15 is 0 Å². The fourth-order valence-electron chi connectivity index (χ4n) is 2.81. The number of para-hydroxylation sites is 1. The number of ether oxygens (including phenoxy) is 1. The van der Waals surface area contributed by atoms with Crippen LogP contribution in [-0.2, 0) is 4.79 Å². The molecule has 4 rings (SSSR count). The first-order valence-corrected chi connectivity index (χ1v) is 9.12. The highest BCUT2D eigenvalue weighted by molar-refractivity contribution is 6.33. The van der Waals surface area contributed by atoms with Crippen molar-refractivity contribution in [2.24, 2.45) is 0 Å². The van der Waals surface area contributed by atoms with E-state index in [1.807, 2.05) is 49.4 Å². The molecular weight excluding hydrogens is 376 g/mol. The number of oxazole rings is 1. The third-order valence-electron chi connectivity index (χ3n) is 4.23. The maximum atomic E-state index is 12.2. The highest BCUT2D eigenvalue weighted by atomic mass is 35.5. The molecule has 0 fully saturated rings. The summed E-state index contributed by atoms with van der Waals surface area (Å²) in [6, 6.07) is 20.2. The Bertz CT molecular complexity index is 1150. The Kier molecular flexibility index (Phi) is 5.00. The van der Waals surface area contributed by atoms with Crippen LogP contribution < -0.4 is 10.1 Å². The van der Waals surface area contributed by atoms with Crippen LogP contribution in [0.15, 0.2) is 71.1 Å². The lowest BCUT2D eigenvalue weighted by molar-refractivity contribution is -0.118. The van der Waals surface area contributed by atoms with Gasteiger partial charge in [-0.15, -0.1) is 0 Å². The molecule has 1 aromatic heterocycles. The predicted octanol–water partition coefficient (Wildman–Crippen LogP) is 5.47. The van der Waals surface area contributed by atoms with Gasteiger partial charge in [0.15, 0.2) is 12.2 Å². The van der Waals surface area contributed by atoms with Gasteiger partial charge in [-0.1, -0.05) is 41.9 Å². The van der Waals surface area contributed by atoms with E-state index in [1.165, 1.54) is 0 Å². The Morgan fingerprint density at radius 3 is 2.71 bits per heavy atom. The van der Waals surface area contributed by atoms with Crippen molar-refractivity contribution >= 4 is 34.3 Å². The molecule has 28 heavy (non-hydrogen) atoms. The van der Waals surface area contributed by atoms with E-state index in [9.17, 15) is 4.79 Å². The number of carbonyl (C=O) groups is 1. The normalized spacial score (nSPS) is 10.8.